The number of sulfonamides is 1. The molecule has 3 rings (SSSR count). The van der Waals surface area contributed by atoms with Crippen LogP contribution in [0.1, 0.15) is 30.4 Å². The SMILES string of the molecule is C/C(NNS(=O)(=O)c1ccc(C)cc1)=C1\C[C@@H]1c1ccccc1. The Morgan fingerprint density at radius 3 is 2.35 bits per heavy atom. The zero-order valence-corrected chi connectivity index (χ0v) is 14.0. The van der Waals surface area contributed by atoms with E-state index in [1.807, 2.05) is 32.0 Å². The van der Waals surface area contributed by atoms with Gasteiger partial charge < -0.3 is 5.43 Å². The second-order valence-corrected chi connectivity index (χ2v) is 7.54. The maximum atomic E-state index is 12.2. The molecule has 2 N–H and O–H groups in total. The van der Waals surface area contributed by atoms with Crippen LogP contribution in [0.3, 0.4) is 0 Å². The van der Waals surface area contributed by atoms with Crippen LogP contribution in [0.25, 0.3) is 0 Å². The molecule has 1 aliphatic carbocycles. The number of allylic oxidation sites excluding steroid dienone is 2. The van der Waals surface area contributed by atoms with Crippen LogP contribution in [0.5, 0.6) is 0 Å². The number of hydrogen-bond donors (Lipinski definition) is 2. The average molecular weight is 328 g/mol. The van der Waals surface area contributed by atoms with E-state index in [-0.39, 0.29) is 4.90 Å². The Bertz CT molecular complexity index is 825. The third-order valence-corrected chi connectivity index (χ3v) is 5.34. The Labute approximate surface area is 137 Å². The highest BCUT2D eigenvalue weighted by Gasteiger charge is 2.33. The Morgan fingerprint density at radius 2 is 1.70 bits per heavy atom. The van der Waals surface area contributed by atoms with Gasteiger partial charge in [0.2, 0.25) is 0 Å². The predicted molar refractivity (Wildman–Crippen MR) is 91.1 cm³/mol. The van der Waals surface area contributed by atoms with E-state index in [1.54, 1.807) is 24.3 Å². The van der Waals surface area contributed by atoms with E-state index in [9.17, 15) is 8.42 Å². The van der Waals surface area contributed by atoms with Crippen LogP contribution in [0.4, 0.5) is 0 Å². The van der Waals surface area contributed by atoms with Gasteiger partial charge in [-0.25, -0.2) is 8.42 Å². The Balaban J connectivity index is 1.67. The molecule has 0 spiro atoms. The molecule has 1 atom stereocenters. The van der Waals surface area contributed by atoms with Crippen LogP contribution in [0, 0.1) is 6.92 Å². The van der Waals surface area contributed by atoms with Crippen molar-refractivity contribution in [2.45, 2.75) is 31.1 Å². The van der Waals surface area contributed by atoms with Gasteiger partial charge in [-0.15, -0.1) is 4.83 Å². The van der Waals surface area contributed by atoms with Crippen LogP contribution in [-0.4, -0.2) is 8.42 Å². The summed E-state index contributed by atoms with van der Waals surface area (Å²) in [4.78, 5) is 2.71. The third-order valence-electron chi connectivity index (χ3n) is 4.07. The summed E-state index contributed by atoms with van der Waals surface area (Å²) >= 11 is 0. The summed E-state index contributed by atoms with van der Waals surface area (Å²) in [6.45, 7) is 3.82. The molecular formula is C18H20N2O2S. The van der Waals surface area contributed by atoms with Crippen molar-refractivity contribution >= 4 is 10.0 Å². The summed E-state index contributed by atoms with van der Waals surface area (Å²) in [6, 6.07) is 17.0. The molecule has 0 unspecified atom stereocenters. The molecule has 0 aromatic heterocycles. The second-order valence-electron chi connectivity index (χ2n) is 5.86. The first-order chi connectivity index (χ1) is 11.0. The highest BCUT2D eigenvalue weighted by Crippen LogP contribution is 2.48. The molecule has 0 heterocycles. The van der Waals surface area contributed by atoms with E-state index >= 15 is 0 Å². The number of hydrogen-bond acceptors (Lipinski definition) is 3. The van der Waals surface area contributed by atoms with Gasteiger partial charge in [0.15, 0.2) is 0 Å². The summed E-state index contributed by atoms with van der Waals surface area (Å²) in [5.74, 6) is 0.396. The quantitative estimate of drug-likeness (QED) is 0.829. The molecule has 4 nitrogen and oxygen atoms in total. The zero-order chi connectivity index (χ0) is 16.4. The van der Waals surface area contributed by atoms with Crippen LogP contribution >= 0.6 is 0 Å². The fourth-order valence-corrected chi connectivity index (χ4v) is 3.48. The van der Waals surface area contributed by atoms with E-state index in [0.29, 0.717) is 5.92 Å². The molecule has 120 valence electrons. The molecule has 1 saturated carbocycles. The van der Waals surface area contributed by atoms with Gasteiger partial charge >= 0.3 is 0 Å². The molecule has 0 saturated heterocycles. The highest BCUT2D eigenvalue weighted by molar-refractivity contribution is 7.89. The van der Waals surface area contributed by atoms with Gasteiger partial charge in [0.05, 0.1) is 4.90 Å². The summed E-state index contributed by atoms with van der Waals surface area (Å²) in [5.41, 5.74) is 7.24. The smallest absolute Gasteiger partial charge is 0.257 e. The first kappa shape index (κ1) is 15.8. The first-order valence-corrected chi connectivity index (χ1v) is 9.05. The summed E-state index contributed by atoms with van der Waals surface area (Å²) in [6.07, 6.45) is 0.967. The van der Waals surface area contributed by atoms with Gasteiger partial charge in [-0.2, -0.15) is 0 Å². The lowest BCUT2D eigenvalue weighted by Gasteiger charge is -2.10. The van der Waals surface area contributed by atoms with Crippen molar-refractivity contribution < 1.29 is 8.42 Å². The molecule has 1 fully saturated rings. The lowest BCUT2D eigenvalue weighted by atomic mass is 10.1. The molecule has 1 aliphatic rings. The van der Waals surface area contributed by atoms with Gasteiger partial charge in [-0.1, -0.05) is 48.0 Å². The van der Waals surface area contributed by atoms with Crippen molar-refractivity contribution in [1.82, 2.24) is 10.3 Å². The standard InChI is InChI=1S/C18H20N2O2S/c1-13-8-10-16(11-9-13)23(21,22)20-19-14(2)17-12-18(17)15-6-4-3-5-7-15/h3-11,18-20H,12H2,1-2H3/b17-14-/t18-/m1/s1. The van der Waals surface area contributed by atoms with E-state index in [2.05, 4.69) is 22.4 Å². The fourth-order valence-electron chi connectivity index (χ4n) is 2.58. The van der Waals surface area contributed by atoms with Crippen LogP contribution < -0.4 is 10.3 Å². The highest BCUT2D eigenvalue weighted by atomic mass is 32.2. The number of rotatable bonds is 5. The Morgan fingerprint density at radius 1 is 1.04 bits per heavy atom. The molecule has 2 aromatic rings. The second kappa shape index (κ2) is 6.18. The summed E-state index contributed by atoms with van der Waals surface area (Å²) in [7, 11) is -3.56. The van der Waals surface area contributed by atoms with Gasteiger partial charge in [0, 0.05) is 11.6 Å². The maximum absolute atomic E-state index is 12.2. The molecular weight excluding hydrogens is 308 g/mol. The lowest BCUT2D eigenvalue weighted by molar-refractivity contribution is 0.570. The van der Waals surface area contributed by atoms with E-state index < -0.39 is 10.0 Å². The van der Waals surface area contributed by atoms with Crippen molar-refractivity contribution in [2.24, 2.45) is 0 Å². The zero-order valence-electron chi connectivity index (χ0n) is 13.2. The number of aryl methyl sites for hydroxylation is 1. The van der Waals surface area contributed by atoms with E-state index in [4.69, 9.17) is 0 Å². The van der Waals surface area contributed by atoms with Gasteiger partial charge in [-0.3, -0.25) is 0 Å². The van der Waals surface area contributed by atoms with E-state index in [0.717, 1.165) is 17.7 Å². The lowest BCUT2D eigenvalue weighted by Crippen LogP contribution is -2.36. The molecule has 0 bridgehead atoms. The fraction of sp³-hybridized carbons (Fsp3) is 0.222. The molecule has 23 heavy (non-hydrogen) atoms. The first-order valence-electron chi connectivity index (χ1n) is 7.56. The monoisotopic (exact) mass is 328 g/mol. The minimum atomic E-state index is -3.56. The van der Waals surface area contributed by atoms with Crippen molar-refractivity contribution in [3.63, 3.8) is 0 Å². The van der Waals surface area contributed by atoms with Crippen molar-refractivity contribution in [1.29, 1.82) is 0 Å². The van der Waals surface area contributed by atoms with Crippen molar-refractivity contribution in [3.8, 4) is 0 Å². The molecule has 2 aromatic carbocycles. The van der Waals surface area contributed by atoms with E-state index in [1.165, 1.54) is 11.1 Å². The van der Waals surface area contributed by atoms with Crippen molar-refractivity contribution in [3.05, 3.63) is 77.0 Å². The summed E-state index contributed by atoms with van der Waals surface area (Å²) in [5, 5.41) is 0. The van der Waals surface area contributed by atoms with Gasteiger partial charge in [0.25, 0.3) is 10.0 Å². The molecule has 5 heteroatoms. The van der Waals surface area contributed by atoms with Gasteiger partial charge in [-0.05, 0) is 43.5 Å². The Kier molecular flexibility index (Phi) is 4.24. The maximum Gasteiger partial charge on any atom is 0.257 e. The largest absolute Gasteiger partial charge is 0.312 e. The van der Waals surface area contributed by atoms with Crippen LogP contribution in [-0.2, 0) is 10.0 Å². The Hall–Kier alpha value is -2.11. The molecule has 0 amide bonds. The van der Waals surface area contributed by atoms with Crippen LogP contribution in [0.15, 0.2) is 70.8 Å². The minimum absolute atomic E-state index is 0.254. The number of hydrazine groups is 1. The molecule has 0 aliphatic heterocycles. The molecule has 0 radical (unpaired) electrons. The van der Waals surface area contributed by atoms with Crippen molar-refractivity contribution in [2.75, 3.05) is 0 Å². The third kappa shape index (κ3) is 3.63. The number of nitrogens with one attached hydrogen (secondary N) is 2. The van der Waals surface area contributed by atoms with Gasteiger partial charge in [0.1, 0.15) is 0 Å². The van der Waals surface area contributed by atoms with Crippen LogP contribution in [0.2, 0.25) is 0 Å². The topological polar surface area (TPSA) is 58.2 Å². The average Bonchev–Trinajstić information content (AvgIpc) is 3.35. The minimum Gasteiger partial charge on any atom is -0.312 e. The summed E-state index contributed by atoms with van der Waals surface area (Å²) < 4.78 is 24.5. The number of benzene rings is 2. The normalized spacial score (nSPS) is 19.3. The predicted octanol–water partition coefficient (Wildman–Crippen LogP) is 3.24.